The van der Waals surface area contributed by atoms with Crippen molar-refractivity contribution >= 4 is 23.4 Å². The summed E-state index contributed by atoms with van der Waals surface area (Å²) >= 11 is 6.01. The van der Waals surface area contributed by atoms with E-state index in [1.54, 1.807) is 29.2 Å². The number of carbonyl (C=O) groups is 2. The van der Waals surface area contributed by atoms with Gasteiger partial charge in [0.15, 0.2) is 0 Å². The van der Waals surface area contributed by atoms with Crippen molar-refractivity contribution < 1.29 is 22.8 Å². The largest absolute Gasteiger partial charge is 0.416 e. The van der Waals surface area contributed by atoms with E-state index in [4.69, 9.17) is 11.6 Å². The summed E-state index contributed by atoms with van der Waals surface area (Å²) in [6.07, 6.45) is -0.595. The minimum Gasteiger partial charge on any atom is -0.343 e. The third-order valence-electron chi connectivity index (χ3n) is 5.41. The first kappa shape index (κ1) is 22.8. The Bertz CT molecular complexity index is 1180. The normalized spacial score (nSPS) is 15.0. The molecule has 0 aliphatic carbocycles. The van der Waals surface area contributed by atoms with E-state index in [1.807, 2.05) is 0 Å². The van der Waals surface area contributed by atoms with Gasteiger partial charge in [-0.25, -0.2) is 4.68 Å². The fourth-order valence-corrected chi connectivity index (χ4v) is 3.91. The molecule has 3 aromatic rings. The highest BCUT2D eigenvalue weighted by Gasteiger charge is 2.32. The Morgan fingerprint density at radius 3 is 2.67 bits per heavy atom. The van der Waals surface area contributed by atoms with Crippen LogP contribution in [-0.2, 0) is 11.0 Å². The minimum absolute atomic E-state index is 0.0777. The number of nitrogens with one attached hydrogen (secondary N) is 1. The molecule has 0 saturated carbocycles. The molecule has 1 fully saturated rings. The number of rotatable bonds is 6. The molecular formula is C23H20ClF3N4O2. The molecule has 1 saturated heterocycles. The topological polar surface area (TPSA) is 67.2 Å². The highest BCUT2D eigenvalue weighted by atomic mass is 35.5. The van der Waals surface area contributed by atoms with E-state index in [2.05, 4.69) is 10.4 Å². The van der Waals surface area contributed by atoms with Gasteiger partial charge in [0.2, 0.25) is 5.91 Å². The van der Waals surface area contributed by atoms with Crippen LogP contribution < -0.4 is 5.32 Å². The Balaban J connectivity index is 1.59. The molecule has 2 heterocycles. The van der Waals surface area contributed by atoms with Crippen LogP contribution in [0.3, 0.4) is 0 Å². The third kappa shape index (κ3) is 5.36. The zero-order chi connectivity index (χ0) is 23.6. The quantitative estimate of drug-likeness (QED) is 0.563. The fraction of sp³-hybridized carbons (Fsp3) is 0.261. The zero-order valence-corrected chi connectivity index (χ0v) is 18.1. The lowest BCUT2D eigenvalue weighted by Gasteiger charge is -2.25. The van der Waals surface area contributed by atoms with Crippen LogP contribution >= 0.6 is 11.6 Å². The van der Waals surface area contributed by atoms with Crippen molar-refractivity contribution in [1.82, 2.24) is 20.0 Å². The van der Waals surface area contributed by atoms with E-state index in [9.17, 15) is 22.8 Å². The SMILES string of the molecule is O=C(NC(CN1CCCC1=O)c1cccc(C(F)(F)F)c1)c1cnn(-c2cccc(Cl)c2)c1. The molecule has 1 N–H and O–H groups in total. The van der Waals surface area contributed by atoms with Crippen LogP contribution in [0.5, 0.6) is 0 Å². The summed E-state index contributed by atoms with van der Waals surface area (Å²) in [7, 11) is 0. The Morgan fingerprint density at radius 2 is 1.97 bits per heavy atom. The summed E-state index contributed by atoms with van der Waals surface area (Å²) < 4.78 is 41.2. The standard InChI is InChI=1S/C23H20ClF3N4O2/c24-18-6-2-7-19(11-18)31-13-16(12-28-31)22(33)29-20(14-30-9-3-8-21(30)32)15-4-1-5-17(10-15)23(25,26)27/h1-2,4-7,10-13,20H,3,8-9,14H2,(H,29,33). The molecule has 6 nitrogen and oxygen atoms in total. The number of carbonyl (C=O) groups excluding carboxylic acids is 2. The second-order valence-corrected chi connectivity index (χ2v) is 8.18. The molecule has 0 bridgehead atoms. The molecule has 1 aliphatic rings. The molecule has 1 aliphatic heterocycles. The van der Waals surface area contributed by atoms with Gasteiger partial charge in [0.05, 0.1) is 29.1 Å². The predicted octanol–water partition coefficient (Wildman–Crippen LogP) is 4.64. The van der Waals surface area contributed by atoms with Crippen LogP contribution in [0.1, 0.15) is 40.4 Å². The van der Waals surface area contributed by atoms with Crippen LogP contribution in [0.4, 0.5) is 13.2 Å². The molecule has 4 rings (SSSR count). The average Bonchev–Trinajstić information content (AvgIpc) is 3.42. The second kappa shape index (κ2) is 9.27. The van der Waals surface area contributed by atoms with Gasteiger partial charge in [0, 0.05) is 30.7 Å². The maximum absolute atomic E-state index is 13.2. The van der Waals surface area contributed by atoms with Crippen molar-refractivity contribution in [2.24, 2.45) is 0 Å². The van der Waals surface area contributed by atoms with E-state index in [0.717, 1.165) is 12.1 Å². The highest BCUT2D eigenvalue weighted by molar-refractivity contribution is 6.30. The number of benzene rings is 2. The maximum Gasteiger partial charge on any atom is 0.416 e. The molecule has 0 spiro atoms. The Morgan fingerprint density at radius 1 is 1.18 bits per heavy atom. The van der Waals surface area contributed by atoms with Crippen molar-refractivity contribution in [3.05, 3.63) is 82.6 Å². The van der Waals surface area contributed by atoms with Gasteiger partial charge in [-0.2, -0.15) is 18.3 Å². The van der Waals surface area contributed by atoms with Crippen LogP contribution in [-0.4, -0.2) is 39.6 Å². The van der Waals surface area contributed by atoms with Gasteiger partial charge in [-0.1, -0.05) is 29.8 Å². The smallest absolute Gasteiger partial charge is 0.343 e. The summed E-state index contributed by atoms with van der Waals surface area (Å²) in [5, 5.41) is 7.45. The number of likely N-dealkylation sites (tertiary alicyclic amines) is 1. The lowest BCUT2D eigenvalue weighted by atomic mass is 10.0. The molecule has 1 aromatic heterocycles. The first-order chi connectivity index (χ1) is 15.7. The fourth-order valence-electron chi connectivity index (χ4n) is 3.73. The number of aromatic nitrogens is 2. The van der Waals surface area contributed by atoms with E-state index in [0.29, 0.717) is 30.1 Å². The van der Waals surface area contributed by atoms with Crippen molar-refractivity contribution in [3.63, 3.8) is 0 Å². The summed E-state index contributed by atoms with van der Waals surface area (Å²) in [4.78, 5) is 26.6. The molecule has 1 unspecified atom stereocenters. The van der Waals surface area contributed by atoms with Crippen molar-refractivity contribution in [3.8, 4) is 5.69 Å². The van der Waals surface area contributed by atoms with Gasteiger partial charge in [0.25, 0.3) is 5.91 Å². The predicted molar refractivity (Wildman–Crippen MR) is 116 cm³/mol. The Kier molecular flexibility index (Phi) is 6.42. The lowest BCUT2D eigenvalue weighted by molar-refractivity contribution is -0.137. The van der Waals surface area contributed by atoms with Crippen LogP contribution in [0, 0.1) is 0 Å². The summed E-state index contributed by atoms with van der Waals surface area (Å²) in [6.45, 7) is 0.575. The van der Waals surface area contributed by atoms with Crippen LogP contribution in [0.15, 0.2) is 60.9 Å². The number of alkyl halides is 3. The minimum atomic E-state index is -4.52. The number of amides is 2. The number of nitrogens with zero attached hydrogens (tertiary/aromatic N) is 3. The van der Waals surface area contributed by atoms with Gasteiger partial charge in [-0.15, -0.1) is 0 Å². The summed E-state index contributed by atoms with van der Waals surface area (Å²) in [6, 6.07) is 10.9. The molecule has 1 atom stereocenters. The highest BCUT2D eigenvalue weighted by Crippen LogP contribution is 2.31. The molecule has 10 heteroatoms. The van der Waals surface area contributed by atoms with Gasteiger partial charge in [-0.3, -0.25) is 9.59 Å². The van der Waals surface area contributed by atoms with E-state index in [-0.39, 0.29) is 23.6 Å². The summed E-state index contributed by atoms with van der Waals surface area (Å²) in [5.41, 5.74) is 0.319. The van der Waals surface area contributed by atoms with Gasteiger partial charge in [0.1, 0.15) is 0 Å². The van der Waals surface area contributed by atoms with Gasteiger partial charge >= 0.3 is 6.18 Å². The van der Waals surface area contributed by atoms with E-state index < -0.39 is 23.7 Å². The molecule has 33 heavy (non-hydrogen) atoms. The van der Waals surface area contributed by atoms with Crippen molar-refractivity contribution in [2.75, 3.05) is 13.1 Å². The second-order valence-electron chi connectivity index (χ2n) is 7.75. The average molecular weight is 477 g/mol. The molecular weight excluding hydrogens is 457 g/mol. The maximum atomic E-state index is 13.2. The first-order valence-corrected chi connectivity index (χ1v) is 10.6. The third-order valence-corrected chi connectivity index (χ3v) is 5.65. The molecule has 172 valence electrons. The van der Waals surface area contributed by atoms with E-state index in [1.165, 1.54) is 29.2 Å². The van der Waals surface area contributed by atoms with Gasteiger partial charge in [-0.05, 0) is 42.3 Å². The van der Waals surface area contributed by atoms with Crippen LogP contribution in [0.25, 0.3) is 5.69 Å². The lowest BCUT2D eigenvalue weighted by Crippen LogP contribution is -2.38. The van der Waals surface area contributed by atoms with Crippen molar-refractivity contribution in [1.29, 1.82) is 0 Å². The number of halogens is 4. The molecule has 2 aromatic carbocycles. The van der Waals surface area contributed by atoms with Gasteiger partial charge < -0.3 is 10.2 Å². The monoisotopic (exact) mass is 476 g/mol. The van der Waals surface area contributed by atoms with E-state index >= 15 is 0 Å². The Labute approximate surface area is 192 Å². The zero-order valence-electron chi connectivity index (χ0n) is 17.3. The Hall–Kier alpha value is -3.33. The summed E-state index contributed by atoms with van der Waals surface area (Å²) in [5.74, 6) is -0.604. The molecule has 2 amide bonds. The number of hydrogen-bond donors (Lipinski definition) is 1. The number of hydrogen-bond acceptors (Lipinski definition) is 3. The van der Waals surface area contributed by atoms with Crippen LogP contribution in [0.2, 0.25) is 5.02 Å². The van der Waals surface area contributed by atoms with Crippen molar-refractivity contribution in [2.45, 2.75) is 25.1 Å². The first-order valence-electron chi connectivity index (χ1n) is 10.3. The molecule has 0 radical (unpaired) electrons.